The van der Waals surface area contributed by atoms with E-state index in [1.54, 1.807) is 45.0 Å². The average molecular weight is 407 g/mol. The van der Waals surface area contributed by atoms with Gasteiger partial charge in [0.1, 0.15) is 12.1 Å². The number of esters is 1. The summed E-state index contributed by atoms with van der Waals surface area (Å²) >= 11 is 0.772. The Kier molecular flexibility index (Phi) is 6.77. The van der Waals surface area contributed by atoms with Crippen molar-refractivity contribution in [3.05, 3.63) is 28.7 Å². The Morgan fingerprint density at radius 2 is 1.93 bits per heavy atom. The first-order chi connectivity index (χ1) is 13.0. The van der Waals surface area contributed by atoms with Crippen molar-refractivity contribution in [3.63, 3.8) is 0 Å². The number of methoxy groups -OCH3 is 1. The molecule has 1 aromatic carbocycles. The quantitative estimate of drug-likeness (QED) is 0.523. The van der Waals surface area contributed by atoms with Gasteiger partial charge in [-0.1, -0.05) is 12.1 Å². The van der Waals surface area contributed by atoms with Crippen molar-refractivity contribution in [2.75, 3.05) is 13.7 Å². The number of imide groups is 1. The minimum absolute atomic E-state index is 0.106. The Bertz CT molecular complexity index is 809. The zero-order chi connectivity index (χ0) is 21.1. The summed E-state index contributed by atoms with van der Waals surface area (Å²) in [6, 6.07) is 5.29. The standard InChI is InChI=1S/C20H25NO6S/c1-12(2)26-17-13(8-7-9-14(17)25-6)10-15-18(23)21(19(24)28-15)11-16(22)27-20(3,4)5/h7-10,12H,11H2,1-6H3. The third-order valence-electron chi connectivity index (χ3n) is 3.45. The summed E-state index contributed by atoms with van der Waals surface area (Å²) in [5.41, 5.74) is -0.0888. The number of benzene rings is 1. The molecule has 152 valence electrons. The first-order valence-corrected chi connectivity index (χ1v) is 9.64. The average Bonchev–Trinajstić information content (AvgIpc) is 2.81. The van der Waals surface area contributed by atoms with Crippen molar-refractivity contribution in [2.45, 2.75) is 46.3 Å². The van der Waals surface area contributed by atoms with Crippen LogP contribution in [0.2, 0.25) is 0 Å². The molecular formula is C20H25NO6S. The summed E-state index contributed by atoms with van der Waals surface area (Å²) in [6.45, 7) is 8.50. The Balaban J connectivity index is 2.28. The molecule has 1 saturated heterocycles. The molecule has 1 heterocycles. The van der Waals surface area contributed by atoms with Crippen LogP contribution in [-0.4, -0.2) is 47.4 Å². The second-order valence-electron chi connectivity index (χ2n) is 7.40. The van der Waals surface area contributed by atoms with Gasteiger partial charge in [0, 0.05) is 5.56 Å². The summed E-state index contributed by atoms with van der Waals surface area (Å²) in [4.78, 5) is 38.0. The molecule has 0 aliphatic carbocycles. The highest BCUT2D eigenvalue weighted by atomic mass is 32.2. The third kappa shape index (κ3) is 5.51. The van der Waals surface area contributed by atoms with Crippen molar-refractivity contribution in [1.29, 1.82) is 0 Å². The van der Waals surface area contributed by atoms with Gasteiger partial charge < -0.3 is 14.2 Å². The molecule has 2 rings (SSSR count). The van der Waals surface area contributed by atoms with Crippen molar-refractivity contribution in [2.24, 2.45) is 0 Å². The van der Waals surface area contributed by atoms with Gasteiger partial charge in [0.2, 0.25) is 0 Å². The Labute approximate surface area is 169 Å². The molecule has 2 amide bonds. The van der Waals surface area contributed by atoms with E-state index in [2.05, 4.69) is 0 Å². The van der Waals surface area contributed by atoms with E-state index < -0.39 is 29.3 Å². The Morgan fingerprint density at radius 3 is 2.50 bits per heavy atom. The molecule has 0 bridgehead atoms. The highest BCUT2D eigenvalue weighted by Gasteiger charge is 2.37. The van der Waals surface area contributed by atoms with Crippen molar-refractivity contribution in [1.82, 2.24) is 4.90 Å². The molecule has 8 heteroatoms. The van der Waals surface area contributed by atoms with Gasteiger partial charge in [-0.25, -0.2) is 0 Å². The van der Waals surface area contributed by atoms with E-state index in [-0.39, 0.29) is 11.0 Å². The molecule has 1 aliphatic rings. The summed E-state index contributed by atoms with van der Waals surface area (Å²) in [5, 5.41) is -0.517. The number of thioether (sulfide) groups is 1. The van der Waals surface area contributed by atoms with Gasteiger partial charge in [-0.15, -0.1) is 0 Å². The number of para-hydroxylation sites is 1. The van der Waals surface area contributed by atoms with Gasteiger partial charge in [0.15, 0.2) is 11.5 Å². The molecule has 1 fully saturated rings. The van der Waals surface area contributed by atoms with E-state index >= 15 is 0 Å². The summed E-state index contributed by atoms with van der Waals surface area (Å²) in [7, 11) is 1.53. The molecule has 0 radical (unpaired) electrons. The number of amides is 2. The van der Waals surface area contributed by atoms with Crippen LogP contribution in [0, 0.1) is 0 Å². The zero-order valence-electron chi connectivity index (χ0n) is 16.9. The smallest absolute Gasteiger partial charge is 0.326 e. The maximum Gasteiger partial charge on any atom is 0.326 e. The number of carbonyl (C=O) groups excluding carboxylic acids is 3. The van der Waals surface area contributed by atoms with Crippen LogP contribution in [0.1, 0.15) is 40.2 Å². The second-order valence-corrected chi connectivity index (χ2v) is 8.39. The first kappa shape index (κ1) is 21.8. The van der Waals surface area contributed by atoms with E-state index in [1.165, 1.54) is 7.11 Å². The summed E-state index contributed by atoms with van der Waals surface area (Å²) in [6.07, 6.45) is 1.46. The van der Waals surface area contributed by atoms with E-state index in [4.69, 9.17) is 14.2 Å². The van der Waals surface area contributed by atoms with Crippen LogP contribution in [0.15, 0.2) is 23.1 Å². The Morgan fingerprint density at radius 1 is 1.25 bits per heavy atom. The van der Waals surface area contributed by atoms with Crippen LogP contribution in [0.4, 0.5) is 4.79 Å². The van der Waals surface area contributed by atoms with Crippen LogP contribution in [-0.2, 0) is 14.3 Å². The second kappa shape index (κ2) is 8.68. The lowest BCUT2D eigenvalue weighted by atomic mass is 10.1. The topological polar surface area (TPSA) is 82.1 Å². The fourth-order valence-corrected chi connectivity index (χ4v) is 3.28. The molecule has 1 aliphatic heterocycles. The Hall–Kier alpha value is -2.48. The molecule has 28 heavy (non-hydrogen) atoms. The molecule has 0 aromatic heterocycles. The largest absolute Gasteiger partial charge is 0.493 e. The van der Waals surface area contributed by atoms with Crippen molar-refractivity contribution >= 4 is 35.0 Å². The molecular weight excluding hydrogens is 382 g/mol. The van der Waals surface area contributed by atoms with Gasteiger partial charge in [-0.3, -0.25) is 19.3 Å². The fraction of sp³-hybridized carbons (Fsp3) is 0.450. The van der Waals surface area contributed by atoms with Crippen LogP contribution in [0.5, 0.6) is 11.5 Å². The van der Waals surface area contributed by atoms with Crippen LogP contribution in [0.3, 0.4) is 0 Å². The minimum atomic E-state index is -0.696. The van der Waals surface area contributed by atoms with Crippen LogP contribution < -0.4 is 9.47 Å². The minimum Gasteiger partial charge on any atom is -0.493 e. The monoisotopic (exact) mass is 407 g/mol. The number of nitrogens with zero attached hydrogens (tertiary/aromatic N) is 1. The van der Waals surface area contributed by atoms with E-state index in [0.29, 0.717) is 17.1 Å². The number of hydrogen-bond acceptors (Lipinski definition) is 7. The van der Waals surface area contributed by atoms with Crippen molar-refractivity contribution < 1.29 is 28.6 Å². The van der Waals surface area contributed by atoms with E-state index in [1.807, 2.05) is 13.8 Å². The SMILES string of the molecule is COc1cccc(C=C2SC(=O)N(CC(=O)OC(C)(C)C)C2=O)c1OC(C)C. The lowest BCUT2D eigenvalue weighted by Crippen LogP contribution is -2.37. The molecule has 1 aromatic rings. The lowest BCUT2D eigenvalue weighted by Gasteiger charge is -2.21. The maximum atomic E-state index is 12.6. The molecule has 0 saturated carbocycles. The molecule has 0 spiro atoms. The van der Waals surface area contributed by atoms with Crippen molar-refractivity contribution in [3.8, 4) is 11.5 Å². The van der Waals surface area contributed by atoms with E-state index in [0.717, 1.165) is 16.7 Å². The van der Waals surface area contributed by atoms with Crippen LogP contribution >= 0.6 is 11.8 Å². The summed E-state index contributed by atoms with van der Waals surface area (Å²) < 4.78 is 16.4. The molecule has 0 atom stereocenters. The molecule has 0 N–H and O–H groups in total. The predicted molar refractivity (Wildman–Crippen MR) is 107 cm³/mol. The molecule has 7 nitrogen and oxygen atoms in total. The summed E-state index contributed by atoms with van der Waals surface area (Å²) in [5.74, 6) is -0.171. The number of rotatable bonds is 6. The van der Waals surface area contributed by atoms with E-state index in [9.17, 15) is 14.4 Å². The number of ether oxygens (including phenoxy) is 3. The maximum absolute atomic E-state index is 12.6. The normalized spacial score (nSPS) is 16.1. The number of carbonyl (C=O) groups is 3. The van der Waals surface area contributed by atoms with Gasteiger partial charge >= 0.3 is 5.97 Å². The third-order valence-corrected chi connectivity index (χ3v) is 4.36. The highest BCUT2D eigenvalue weighted by molar-refractivity contribution is 8.18. The van der Waals surface area contributed by atoms with Crippen LogP contribution in [0.25, 0.3) is 6.08 Å². The fourth-order valence-electron chi connectivity index (χ4n) is 2.45. The van der Waals surface area contributed by atoms with Gasteiger partial charge in [0.05, 0.1) is 18.1 Å². The predicted octanol–water partition coefficient (Wildman–Crippen LogP) is 3.86. The van der Waals surface area contributed by atoms with Gasteiger partial charge in [-0.2, -0.15) is 0 Å². The lowest BCUT2D eigenvalue weighted by molar-refractivity contribution is -0.156. The zero-order valence-corrected chi connectivity index (χ0v) is 17.7. The number of hydrogen-bond donors (Lipinski definition) is 0. The molecule has 0 unspecified atom stereocenters. The van der Waals surface area contributed by atoms with Gasteiger partial charge in [0.25, 0.3) is 11.1 Å². The van der Waals surface area contributed by atoms with Gasteiger partial charge in [-0.05, 0) is 58.5 Å². The highest BCUT2D eigenvalue weighted by Crippen LogP contribution is 2.37. The first-order valence-electron chi connectivity index (χ1n) is 8.82.